The van der Waals surface area contributed by atoms with Gasteiger partial charge in [-0.2, -0.15) is 0 Å². The molecule has 0 aromatic heterocycles. The molecule has 0 saturated heterocycles. The maximum Gasteiger partial charge on any atom is 0.167 e. The van der Waals surface area contributed by atoms with E-state index in [-0.39, 0.29) is 0 Å². The molecule has 1 N–H and O–H groups in total. The molecule has 2 atom stereocenters. The average Bonchev–Trinajstić information content (AvgIpc) is 2.18. The molecule has 4 nitrogen and oxygen atoms in total. The number of aliphatic hydroxyl groups excluding tert-OH is 1. The van der Waals surface area contributed by atoms with Crippen molar-refractivity contribution in [1.29, 1.82) is 0 Å². The van der Waals surface area contributed by atoms with Crippen LogP contribution in [0.2, 0.25) is 0 Å². The Bertz CT molecular complexity index is 311. The zero-order valence-electron chi connectivity index (χ0n) is 7.08. The lowest BCUT2D eigenvalue weighted by molar-refractivity contribution is -0.205. The van der Waals surface area contributed by atoms with Crippen LogP contribution in [0.4, 0.5) is 0 Å². The van der Waals surface area contributed by atoms with Crippen molar-refractivity contribution >= 4 is 7.60 Å². The van der Waals surface area contributed by atoms with E-state index < -0.39 is 13.4 Å². The Kier molecular flexibility index (Phi) is 3.22. The number of rotatable bonds is 3. The maximum absolute atomic E-state index is 11.1. The van der Waals surface area contributed by atoms with Crippen molar-refractivity contribution in [3.05, 3.63) is 35.9 Å². The molecule has 0 saturated carbocycles. The minimum absolute atomic E-state index is 0.308. The summed E-state index contributed by atoms with van der Waals surface area (Å²) in [5.74, 6) is -1.58. The molecule has 13 heavy (non-hydrogen) atoms. The second-order valence-electron chi connectivity index (χ2n) is 2.51. The van der Waals surface area contributed by atoms with Gasteiger partial charge >= 0.3 is 0 Å². The van der Waals surface area contributed by atoms with Crippen molar-refractivity contribution < 1.29 is 19.1 Å². The summed E-state index contributed by atoms with van der Waals surface area (Å²) < 4.78 is 15.3. The second kappa shape index (κ2) is 4.03. The molecule has 1 aromatic carbocycles. The Morgan fingerprint density at radius 2 is 2.00 bits per heavy atom. The molecule has 0 radical (unpaired) electrons. The highest BCUT2D eigenvalue weighted by Crippen LogP contribution is 2.49. The van der Waals surface area contributed by atoms with Gasteiger partial charge in [0.2, 0.25) is 0 Å². The van der Waals surface area contributed by atoms with E-state index in [1.165, 1.54) is 12.1 Å². The summed E-state index contributed by atoms with van der Waals surface area (Å²) in [5, 5.41) is 9.35. The van der Waals surface area contributed by atoms with Crippen LogP contribution in [-0.2, 0) is 9.09 Å². The first kappa shape index (κ1) is 10.4. The van der Waals surface area contributed by atoms with Crippen molar-refractivity contribution in [3.8, 4) is 0 Å². The fourth-order valence-electron chi connectivity index (χ4n) is 0.908. The Balaban J connectivity index is 2.92. The summed E-state index contributed by atoms with van der Waals surface area (Å²) in [5.41, 5.74) is 0.308. The Morgan fingerprint density at radius 1 is 1.46 bits per heavy atom. The Labute approximate surface area is 76.3 Å². The van der Waals surface area contributed by atoms with Crippen molar-refractivity contribution in [2.24, 2.45) is 0 Å². The van der Waals surface area contributed by atoms with Crippen LogP contribution in [0.25, 0.3) is 0 Å². The fraction of sp³-hybridized carbons (Fsp3) is 0.250. The largest absolute Gasteiger partial charge is 0.776 e. The molecule has 72 valence electrons. The lowest BCUT2D eigenvalue weighted by Gasteiger charge is -2.26. The van der Waals surface area contributed by atoms with Crippen molar-refractivity contribution in [2.45, 2.75) is 5.85 Å². The number of aliphatic hydroxyl groups is 1. The molecule has 2 unspecified atom stereocenters. The Hall–Kier alpha value is -0.670. The monoisotopic (exact) mass is 201 g/mol. The van der Waals surface area contributed by atoms with Crippen LogP contribution in [0, 0.1) is 0 Å². The number of benzene rings is 1. The van der Waals surface area contributed by atoms with Gasteiger partial charge in [0.15, 0.2) is 7.60 Å². The lowest BCUT2D eigenvalue weighted by Crippen LogP contribution is -2.11. The first-order chi connectivity index (χ1) is 6.08. The average molecular weight is 201 g/mol. The highest BCUT2D eigenvalue weighted by Gasteiger charge is 2.20. The third-order valence-corrected chi connectivity index (χ3v) is 3.06. The van der Waals surface area contributed by atoms with Crippen LogP contribution in [0.15, 0.2) is 30.3 Å². The molecule has 0 fully saturated rings. The SMILES string of the molecule is COP(=O)([O-])C(O)c1ccccc1. The third-order valence-electron chi connectivity index (χ3n) is 1.65. The zero-order valence-corrected chi connectivity index (χ0v) is 7.98. The van der Waals surface area contributed by atoms with Gasteiger partial charge in [0.1, 0.15) is 5.85 Å². The summed E-state index contributed by atoms with van der Waals surface area (Å²) in [7, 11) is -3.15. The molecule has 1 aromatic rings. The maximum atomic E-state index is 11.1. The zero-order chi connectivity index (χ0) is 9.90. The first-order valence-electron chi connectivity index (χ1n) is 3.67. The normalized spacial score (nSPS) is 17.8. The van der Waals surface area contributed by atoms with E-state index >= 15 is 0 Å². The molecule has 0 bridgehead atoms. The summed E-state index contributed by atoms with van der Waals surface area (Å²) in [4.78, 5) is 11.1. The summed E-state index contributed by atoms with van der Waals surface area (Å²) in [6, 6.07) is 8.07. The molecular formula is C8H10O4P-. The quantitative estimate of drug-likeness (QED) is 0.737. The van der Waals surface area contributed by atoms with E-state index in [2.05, 4.69) is 4.52 Å². The second-order valence-corrected chi connectivity index (χ2v) is 4.44. The lowest BCUT2D eigenvalue weighted by atomic mass is 10.2. The van der Waals surface area contributed by atoms with Gasteiger partial charge in [0.05, 0.1) is 0 Å². The Morgan fingerprint density at radius 3 is 2.46 bits per heavy atom. The number of hydrogen-bond acceptors (Lipinski definition) is 4. The van der Waals surface area contributed by atoms with Gasteiger partial charge in [0.25, 0.3) is 0 Å². The van der Waals surface area contributed by atoms with Gasteiger partial charge in [-0.25, -0.2) is 0 Å². The van der Waals surface area contributed by atoms with Crippen LogP contribution >= 0.6 is 7.60 Å². The van der Waals surface area contributed by atoms with E-state index in [4.69, 9.17) is 0 Å². The topological polar surface area (TPSA) is 69.6 Å². The molecule has 0 amide bonds. The van der Waals surface area contributed by atoms with Crippen LogP contribution in [0.3, 0.4) is 0 Å². The smallest absolute Gasteiger partial charge is 0.167 e. The van der Waals surface area contributed by atoms with Gasteiger partial charge in [-0.15, -0.1) is 0 Å². The van der Waals surface area contributed by atoms with E-state index in [0.717, 1.165) is 7.11 Å². The highest BCUT2D eigenvalue weighted by atomic mass is 31.2. The third kappa shape index (κ3) is 2.39. The van der Waals surface area contributed by atoms with Crippen molar-refractivity contribution in [1.82, 2.24) is 0 Å². The minimum atomic E-state index is -4.18. The van der Waals surface area contributed by atoms with Gasteiger partial charge < -0.3 is 19.1 Å². The van der Waals surface area contributed by atoms with E-state index in [1.807, 2.05) is 0 Å². The van der Waals surface area contributed by atoms with Crippen molar-refractivity contribution in [3.63, 3.8) is 0 Å². The highest BCUT2D eigenvalue weighted by molar-refractivity contribution is 7.51. The molecule has 5 heteroatoms. The molecule has 0 spiro atoms. The van der Waals surface area contributed by atoms with Crippen molar-refractivity contribution in [2.75, 3.05) is 7.11 Å². The summed E-state index contributed by atoms with van der Waals surface area (Å²) >= 11 is 0. The van der Waals surface area contributed by atoms with Crippen LogP contribution in [-0.4, -0.2) is 12.2 Å². The van der Waals surface area contributed by atoms with Gasteiger partial charge in [0, 0.05) is 7.11 Å². The van der Waals surface area contributed by atoms with Crippen LogP contribution < -0.4 is 4.89 Å². The van der Waals surface area contributed by atoms with Gasteiger partial charge in [-0.3, -0.25) is 0 Å². The van der Waals surface area contributed by atoms with E-state index in [1.54, 1.807) is 18.2 Å². The first-order valence-corrected chi connectivity index (χ1v) is 5.28. The van der Waals surface area contributed by atoms with Crippen LogP contribution in [0.1, 0.15) is 11.4 Å². The minimum Gasteiger partial charge on any atom is -0.776 e. The predicted molar refractivity (Wildman–Crippen MR) is 46.0 cm³/mol. The summed E-state index contributed by atoms with van der Waals surface area (Å²) in [6.07, 6.45) is 0. The van der Waals surface area contributed by atoms with E-state index in [0.29, 0.717) is 5.56 Å². The molecular weight excluding hydrogens is 191 g/mol. The van der Waals surface area contributed by atoms with E-state index in [9.17, 15) is 14.6 Å². The van der Waals surface area contributed by atoms with Crippen LogP contribution in [0.5, 0.6) is 0 Å². The van der Waals surface area contributed by atoms with Gasteiger partial charge in [-0.05, 0) is 5.56 Å². The predicted octanol–water partition coefficient (Wildman–Crippen LogP) is 0.877. The van der Waals surface area contributed by atoms with Gasteiger partial charge in [-0.1, -0.05) is 30.3 Å². The summed E-state index contributed by atoms with van der Waals surface area (Å²) in [6.45, 7) is 0. The molecule has 0 heterocycles. The number of hydrogen-bond donors (Lipinski definition) is 1. The molecule has 0 aliphatic carbocycles. The molecule has 0 aliphatic rings. The fourth-order valence-corrected chi connectivity index (χ4v) is 1.64. The standard InChI is InChI=1S/C8H11O4P/c1-12-13(10,11)8(9)7-5-3-2-4-6-7/h2-6,8-9H,1H3,(H,10,11)/p-1. The molecule has 0 aliphatic heterocycles. The molecule has 1 rings (SSSR count).